The smallest absolute Gasteiger partial charge is 0.248 e. The van der Waals surface area contributed by atoms with Crippen LogP contribution >= 0.6 is 0 Å². The van der Waals surface area contributed by atoms with Crippen LogP contribution in [0.4, 0.5) is 0 Å². The molecule has 0 spiro atoms. The molecular formula is C23H40N6O3. The van der Waals surface area contributed by atoms with Crippen molar-refractivity contribution in [2.24, 2.45) is 10.8 Å². The number of carbonyl (C=O) groups is 2. The average Bonchev–Trinajstić information content (AvgIpc) is 3.32. The first-order chi connectivity index (χ1) is 14.9. The highest BCUT2D eigenvalue weighted by atomic mass is 16.3. The molecule has 2 fully saturated rings. The van der Waals surface area contributed by atoms with Crippen LogP contribution in [0.25, 0.3) is 0 Å². The third-order valence-corrected chi connectivity index (χ3v) is 6.88. The van der Waals surface area contributed by atoms with Gasteiger partial charge >= 0.3 is 0 Å². The van der Waals surface area contributed by atoms with Gasteiger partial charge in [0.05, 0.1) is 11.8 Å². The van der Waals surface area contributed by atoms with Crippen LogP contribution in [0.1, 0.15) is 65.6 Å². The van der Waals surface area contributed by atoms with Crippen LogP contribution in [0.5, 0.6) is 0 Å². The Labute approximate surface area is 191 Å². The molecule has 3 heterocycles. The first-order valence-electron chi connectivity index (χ1n) is 11.7. The minimum atomic E-state index is -0.706. The van der Waals surface area contributed by atoms with E-state index in [4.69, 9.17) is 0 Å². The molecule has 2 saturated heterocycles. The highest BCUT2D eigenvalue weighted by Crippen LogP contribution is 2.34. The van der Waals surface area contributed by atoms with Crippen molar-refractivity contribution in [3.8, 4) is 0 Å². The number of likely N-dealkylation sites (N-methyl/N-ethyl adjacent to an activating group) is 1. The first-order valence-corrected chi connectivity index (χ1v) is 11.7. The Kier molecular flexibility index (Phi) is 7.29. The zero-order valence-corrected chi connectivity index (χ0v) is 20.5. The van der Waals surface area contributed by atoms with Crippen molar-refractivity contribution in [3.63, 3.8) is 0 Å². The quantitative estimate of drug-likeness (QED) is 0.679. The normalized spacial score (nSPS) is 25.0. The molecule has 1 aromatic rings. The van der Waals surface area contributed by atoms with Gasteiger partial charge in [0.1, 0.15) is 12.1 Å². The van der Waals surface area contributed by atoms with Crippen molar-refractivity contribution < 1.29 is 14.7 Å². The molecule has 2 aliphatic heterocycles. The molecule has 32 heavy (non-hydrogen) atoms. The predicted octanol–water partition coefficient (Wildman–Crippen LogP) is 1.24. The molecule has 3 atom stereocenters. The summed E-state index contributed by atoms with van der Waals surface area (Å²) in [6.07, 6.45) is 4.60. The summed E-state index contributed by atoms with van der Waals surface area (Å²) in [6, 6.07) is -1.28. The molecule has 180 valence electrons. The maximum Gasteiger partial charge on any atom is 0.248 e. The van der Waals surface area contributed by atoms with Crippen molar-refractivity contribution >= 4 is 11.8 Å². The number of nitrogens with zero attached hydrogens (tertiary/aromatic N) is 5. The maximum absolute atomic E-state index is 13.6. The number of likely N-dealkylation sites (tertiary alicyclic amines) is 2. The van der Waals surface area contributed by atoms with E-state index in [0.29, 0.717) is 5.41 Å². The number of β-amino-alcohol motifs (C(OH)–C–C–N with tert-alkyl or cyclic N) is 1. The number of amides is 2. The van der Waals surface area contributed by atoms with Gasteiger partial charge in [-0.15, -0.1) is 5.10 Å². The second-order valence-corrected chi connectivity index (χ2v) is 11.2. The number of carbonyl (C=O) groups excluding carboxylic acids is 2. The van der Waals surface area contributed by atoms with Crippen molar-refractivity contribution in [2.45, 2.75) is 78.5 Å². The molecule has 0 saturated carbocycles. The summed E-state index contributed by atoms with van der Waals surface area (Å²) in [5.74, 6) is -0.469. The van der Waals surface area contributed by atoms with Crippen LogP contribution in [0, 0.1) is 10.8 Å². The van der Waals surface area contributed by atoms with Crippen LogP contribution in [-0.4, -0.2) is 87.1 Å². The number of hydrogen-bond donors (Lipinski definition) is 2. The van der Waals surface area contributed by atoms with Crippen LogP contribution < -0.4 is 5.32 Å². The lowest BCUT2D eigenvalue weighted by molar-refractivity contribution is -0.144. The Morgan fingerprint density at radius 2 is 1.94 bits per heavy atom. The molecule has 2 amide bonds. The highest BCUT2D eigenvalue weighted by Gasteiger charge is 2.45. The molecule has 0 radical (unpaired) electrons. The van der Waals surface area contributed by atoms with E-state index >= 15 is 0 Å². The third kappa shape index (κ3) is 5.67. The molecule has 2 N–H and O–H groups in total. The van der Waals surface area contributed by atoms with Crippen LogP contribution in [0.15, 0.2) is 6.20 Å². The summed E-state index contributed by atoms with van der Waals surface area (Å²) in [5, 5.41) is 21.4. The standard InChI is InChI=1S/C23H40N6O3/c1-22(2,3)19(21(32)28-15-17(30)13-18(28)20(31)24-6)29-14-16(25-26-29)7-10-27-11-8-23(4,5)9-12-27/h14,17-19,30H,7-13,15H2,1-6H3,(H,24,31)/t17?,18?,19-/m1/s1. The van der Waals surface area contributed by atoms with E-state index in [1.165, 1.54) is 17.7 Å². The summed E-state index contributed by atoms with van der Waals surface area (Å²) < 4.78 is 1.64. The van der Waals surface area contributed by atoms with Crippen molar-refractivity contribution in [3.05, 3.63) is 11.9 Å². The fraction of sp³-hybridized carbons (Fsp3) is 0.826. The number of aliphatic hydroxyl groups excluding tert-OH is 1. The van der Waals surface area contributed by atoms with Gasteiger partial charge in [0, 0.05) is 39.2 Å². The van der Waals surface area contributed by atoms with Gasteiger partial charge in [0.15, 0.2) is 0 Å². The zero-order chi connectivity index (χ0) is 23.7. The summed E-state index contributed by atoms with van der Waals surface area (Å²) in [6.45, 7) is 13.9. The Balaban J connectivity index is 1.71. The van der Waals surface area contributed by atoms with Crippen molar-refractivity contribution in [2.75, 3.05) is 33.2 Å². The number of rotatable bonds is 6. The molecule has 0 aliphatic carbocycles. The van der Waals surface area contributed by atoms with Crippen LogP contribution in [0.2, 0.25) is 0 Å². The molecular weight excluding hydrogens is 408 g/mol. The van der Waals surface area contributed by atoms with Gasteiger partial charge < -0.3 is 20.2 Å². The van der Waals surface area contributed by atoms with Gasteiger partial charge in [-0.05, 0) is 36.8 Å². The SMILES string of the molecule is CNC(=O)C1CC(O)CN1C(=O)[C@@H](n1cc(CCN2CCC(C)(C)CC2)nn1)C(C)(C)C. The number of aromatic nitrogens is 3. The highest BCUT2D eigenvalue weighted by molar-refractivity contribution is 5.90. The summed E-state index contributed by atoms with van der Waals surface area (Å²) in [5.41, 5.74) is 0.845. The van der Waals surface area contributed by atoms with Gasteiger partial charge in [-0.3, -0.25) is 9.59 Å². The van der Waals surface area contributed by atoms with Gasteiger partial charge in [0.2, 0.25) is 11.8 Å². The Bertz CT molecular complexity index is 805. The van der Waals surface area contributed by atoms with E-state index in [-0.39, 0.29) is 24.8 Å². The average molecular weight is 449 g/mol. The first kappa shape index (κ1) is 24.6. The zero-order valence-electron chi connectivity index (χ0n) is 20.5. The molecule has 0 bridgehead atoms. The van der Waals surface area contributed by atoms with Gasteiger partial charge in [-0.25, -0.2) is 4.68 Å². The van der Waals surface area contributed by atoms with E-state index in [0.717, 1.165) is 31.7 Å². The lowest BCUT2D eigenvalue weighted by Crippen LogP contribution is -2.49. The lowest BCUT2D eigenvalue weighted by atomic mass is 9.82. The van der Waals surface area contributed by atoms with Crippen LogP contribution in [-0.2, 0) is 16.0 Å². The summed E-state index contributed by atoms with van der Waals surface area (Å²) in [7, 11) is 1.55. The Morgan fingerprint density at radius 1 is 1.28 bits per heavy atom. The van der Waals surface area contributed by atoms with E-state index < -0.39 is 23.6 Å². The molecule has 9 heteroatoms. The fourth-order valence-electron chi connectivity index (χ4n) is 4.72. The summed E-state index contributed by atoms with van der Waals surface area (Å²) >= 11 is 0. The van der Waals surface area contributed by atoms with E-state index in [2.05, 4.69) is 34.4 Å². The largest absolute Gasteiger partial charge is 0.391 e. The van der Waals surface area contributed by atoms with E-state index in [9.17, 15) is 14.7 Å². The molecule has 9 nitrogen and oxygen atoms in total. The Morgan fingerprint density at radius 3 is 2.53 bits per heavy atom. The number of hydrogen-bond acceptors (Lipinski definition) is 6. The second-order valence-electron chi connectivity index (χ2n) is 11.2. The van der Waals surface area contributed by atoms with Gasteiger partial charge in [-0.2, -0.15) is 0 Å². The van der Waals surface area contributed by atoms with Gasteiger partial charge in [-0.1, -0.05) is 39.8 Å². The molecule has 2 unspecified atom stereocenters. The number of piperidine rings is 1. The van der Waals surface area contributed by atoms with Crippen molar-refractivity contribution in [1.29, 1.82) is 0 Å². The molecule has 3 rings (SSSR count). The van der Waals surface area contributed by atoms with Crippen molar-refractivity contribution in [1.82, 2.24) is 30.1 Å². The minimum Gasteiger partial charge on any atom is -0.391 e. The van der Waals surface area contributed by atoms with Crippen LogP contribution in [0.3, 0.4) is 0 Å². The Hall–Kier alpha value is -2.00. The third-order valence-electron chi connectivity index (χ3n) is 6.88. The van der Waals surface area contributed by atoms with E-state index in [1.807, 2.05) is 27.0 Å². The maximum atomic E-state index is 13.6. The van der Waals surface area contributed by atoms with Gasteiger partial charge in [0.25, 0.3) is 0 Å². The topological polar surface area (TPSA) is 104 Å². The molecule has 1 aromatic heterocycles. The number of nitrogens with one attached hydrogen (secondary N) is 1. The predicted molar refractivity (Wildman–Crippen MR) is 122 cm³/mol. The fourth-order valence-corrected chi connectivity index (χ4v) is 4.72. The van der Waals surface area contributed by atoms with E-state index in [1.54, 1.807) is 11.7 Å². The summed E-state index contributed by atoms with van der Waals surface area (Å²) in [4.78, 5) is 29.9. The minimum absolute atomic E-state index is 0.149. The molecule has 0 aromatic carbocycles. The monoisotopic (exact) mass is 448 g/mol. The number of aliphatic hydroxyl groups is 1. The molecule has 2 aliphatic rings. The second kappa shape index (κ2) is 9.47. The lowest BCUT2D eigenvalue weighted by Gasteiger charge is -2.36.